The van der Waals surface area contributed by atoms with E-state index in [0.29, 0.717) is 10.2 Å². The van der Waals surface area contributed by atoms with Gasteiger partial charge in [0.25, 0.3) is 21.5 Å². The fourth-order valence-electron chi connectivity index (χ4n) is 2.92. The van der Waals surface area contributed by atoms with Crippen molar-refractivity contribution in [2.75, 3.05) is 13.1 Å². The predicted octanol–water partition coefficient (Wildman–Crippen LogP) is -0.281. The Hall–Kier alpha value is -3.89. The number of H-pyrrole nitrogens is 1. The summed E-state index contributed by atoms with van der Waals surface area (Å²) >= 11 is 0.988. The number of aromatic nitrogens is 5. The minimum absolute atomic E-state index is 0.0200. The largest absolute Gasteiger partial charge is 0.464 e. The highest BCUT2D eigenvalue weighted by atomic mass is 32.2. The number of nitrogens with one attached hydrogen (secondary N) is 3. The molecule has 3 aromatic heterocycles. The molecule has 0 spiro atoms. The molecule has 0 bridgehead atoms. The van der Waals surface area contributed by atoms with Crippen molar-refractivity contribution in [3.63, 3.8) is 0 Å². The predicted molar refractivity (Wildman–Crippen MR) is 116 cm³/mol. The summed E-state index contributed by atoms with van der Waals surface area (Å²) in [5, 5.41) is 9.79. The molecule has 0 radical (unpaired) electrons. The maximum Gasteiger partial charge on any atom is 0.423 e. The highest BCUT2D eigenvalue weighted by Gasteiger charge is 2.22. The van der Waals surface area contributed by atoms with Crippen molar-refractivity contribution < 1.29 is 23.1 Å². The smallest absolute Gasteiger partial charge is 0.423 e. The van der Waals surface area contributed by atoms with E-state index in [1.165, 1.54) is 10.9 Å². The van der Waals surface area contributed by atoms with E-state index in [9.17, 15) is 22.8 Å². The van der Waals surface area contributed by atoms with Crippen molar-refractivity contribution in [3.8, 4) is 0 Å². The van der Waals surface area contributed by atoms with Crippen LogP contribution in [0, 0.1) is 0 Å². The lowest BCUT2D eigenvalue weighted by Gasteiger charge is -2.22. The molecular formula is C17H16N8O6S2. The molecule has 33 heavy (non-hydrogen) atoms. The fourth-order valence-corrected chi connectivity index (χ4v) is 5.20. The number of fused-ring (bicyclic) bond motifs is 2. The molecule has 1 aromatic carbocycles. The van der Waals surface area contributed by atoms with E-state index >= 15 is 0 Å². The topological polar surface area (TPSA) is 192 Å². The number of para-hydroxylation sites is 1. The zero-order valence-electron chi connectivity index (χ0n) is 16.6. The third-order valence-corrected chi connectivity index (χ3v) is 7.25. The van der Waals surface area contributed by atoms with E-state index in [0.717, 1.165) is 22.7 Å². The summed E-state index contributed by atoms with van der Waals surface area (Å²) in [5.41, 5.74) is 2.13. The molecule has 0 fully saturated rings. The van der Waals surface area contributed by atoms with Gasteiger partial charge in [-0.1, -0.05) is 12.1 Å². The molecule has 172 valence electrons. The van der Waals surface area contributed by atoms with Crippen molar-refractivity contribution in [2.45, 2.75) is 10.9 Å². The summed E-state index contributed by atoms with van der Waals surface area (Å²) in [6.07, 6.45) is 0.860. The molecule has 4 rings (SSSR count). The number of benzene rings is 1. The molecule has 0 aliphatic carbocycles. The van der Waals surface area contributed by atoms with E-state index in [1.54, 1.807) is 24.3 Å². The normalized spacial score (nSPS) is 11.6. The average Bonchev–Trinajstić information content (AvgIpc) is 3.38. The first-order valence-electron chi connectivity index (χ1n) is 9.28. The number of imidazole rings is 1. The van der Waals surface area contributed by atoms with Crippen LogP contribution >= 0.6 is 11.3 Å². The number of carbonyl (C=O) groups excluding carboxylic acids is 1. The standard InChI is InChI=1S/C17H16N8O6S2/c26-12(7-24-9-20-13-14(24)18-8-19-15(13)27)25(23-16(28)29)6-5-21-33(30,31)17-22-10-3-1-2-4-11(10)32-17/h1-4,8-9,21,23H,5-7H2,(H,28,29)(H,18,19,27). The average molecular weight is 492 g/mol. The van der Waals surface area contributed by atoms with Crippen molar-refractivity contribution in [2.24, 2.45) is 0 Å². The molecule has 4 N–H and O–H groups in total. The van der Waals surface area contributed by atoms with Gasteiger partial charge >= 0.3 is 6.09 Å². The second kappa shape index (κ2) is 8.93. The van der Waals surface area contributed by atoms with Crippen LogP contribution in [-0.2, 0) is 21.4 Å². The zero-order valence-corrected chi connectivity index (χ0v) is 18.3. The number of nitrogens with zero attached hydrogens (tertiary/aromatic N) is 5. The number of carboxylic acid groups (broad SMARTS) is 1. The number of sulfonamides is 1. The van der Waals surface area contributed by atoms with Gasteiger partial charge in [-0.2, -0.15) is 0 Å². The summed E-state index contributed by atoms with van der Waals surface area (Å²) in [6.45, 7) is -0.985. The van der Waals surface area contributed by atoms with Crippen molar-refractivity contribution in [1.29, 1.82) is 0 Å². The number of aromatic amines is 1. The molecule has 4 aromatic rings. The summed E-state index contributed by atoms with van der Waals surface area (Å²) < 4.78 is 29.2. The van der Waals surface area contributed by atoms with Gasteiger partial charge in [0.05, 0.1) is 29.4 Å². The number of carbonyl (C=O) groups is 2. The van der Waals surface area contributed by atoms with E-state index in [4.69, 9.17) is 5.11 Å². The van der Waals surface area contributed by atoms with E-state index < -0.39 is 34.1 Å². The van der Waals surface area contributed by atoms with Crippen LogP contribution in [0.1, 0.15) is 0 Å². The van der Waals surface area contributed by atoms with Crippen LogP contribution in [0.2, 0.25) is 0 Å². The second-order valence-corrected chi connectivity index (χ2v) is 9.56. The van der Waals surface area contributed by atoms with Gasteiger partial charge in [0.2, 0.25) is 4.34 Å². The highest BCUT2D eigenvalue weighted by molar-refractivity contribution is 7.91. The number of hydrazine groups is 1. The first-order chi connectivity index (χ1) is 15.7. The van der Waals surface area contributed by atoms with Gasteiger partial charge in [-0.15, -0.1) is 11.3 Å². The van der Waals surface area contributed by atoms with Crippen LogP contribution in [-0.4, -0.2) is 68.1 Å². The Labute approximate surface area is 188 Å². The van der Waals surface area contributed by atoms with Crippen molar-refractivity contribution >= 4 is 54.7 Å². The molecule has 0 saturated heterocycles. The first-order valence-corrected chi connectivity index (χ1v) is 11.6. The molecule has 14 nitrogen and oxygen atoms in total. The van der Waals surface area contributed by atoms with Crippen LogP contribution < -0.4 is 15.7 Å². The molecule has 0 aliphatic heterocycles. The Morgan fingerprint density at radius 3 is 2.79 bits per heavy atom. The molecule has 2 amide bonds. The molecule has 0 atom stereocenters. The highest BCUT2D eigenvalue weighted by Crippen LogP contribution is 2.24. The van der Waals surface area contributed by atoms with E-state index in [1.807, 2.05) is 5.43 Å². The molecule has 3 heterocycles. The van der Waals surface area contributed by atoms with Gasteiger partial charge in [-0.3, -0.25) is 9.59 Å². The quantitative estimate of drug-likeness (QED) is 0.251. The Balaban J connectivity index is 1.44. The third kappa shape index (κ3) is 4.81. The monoisotopic (exact) mass is 492 g/mol. The van der Waals surface area contributed by atoms with E-state index in [2.05, 4.69) is 24.7 Å². The lowest BCUT2D eigenvalue weighted by molar-refractivity contribution is -0.134. The van der Waals surface area contributed by atoms with Crippen molar-refractivity contribution in [1.82, 2.24) is 39.7 Å². The summed E-state index contributed by atoms with van der Waals surface area (Å²) in [6, 6.07) is 6.93. The Bertz CT molecular complexity index is 1480. The Morgan fingerprint density at radius 2 is 2.03 bits per heavy atom. The molecule has 0 saturated carbocycles. The Morgan fingerprint density at radius 1 is 1.24 bits per heavy atom. The van der Waals surface area contributed by atoms with Crippen LogP contribution in [0.3, 0.4) is 0 Å². The summed E-state index contributed by atoms with van der Waals surface area (Å²) in [4.78, 5) is 49.8. The fraction of sp³-hybridized carbons (Fsp3) is 0.176. The van der Waals surface area contributed by atoms with Crippen LogP contribution in [0.4, 0.5) is 4.79 Å². The number of rotatable bonds is 7. The molecule has 0 unspecified atom stereocenters. The van der Waals surface area contributed by atoms with Gasteiger partial charge in [-0.05, 0) is 12.1 Å². The molecule has 0 aliphatic rings. The van der Waals surface area contributed by atoms with Gasteiger partial charge in [-0.25, -0.2) is 43.3 Å². The van der Waals surface area contributed by atoms with Crippen LogP contribution in [0.15, 0.2) is 46.1 Å². The Kier molecular flexibility index (Phi) is 6.03. The van der Waals surface area contributed by atoms with Gasteiger partial charge in [0.15, 0.2) is 11.2 Å². The minimum Gasteiger partial charge on any atom is -0.464 e. The third-order valence-electron chi connectivity index (χ3n) is 4.38. The number of thiazole rings is 1. The van der Waals surface area contributed by atoms with Gasteiger partial charge < -0.3 is 14.7 Å². The van der Waals surface area contributed by atoms with Gasteiger partial charge in [0, 0.05) is 6.54 Å². The van der Waals surface area contributed by atoms with Crippen LogP contribution in [0.25, 0.3) is 21.4 Å². The number of hydrogen-bond donors (Lipinski definition) is 4. The lowest BCUT2D eigenvalue weighted by atomic mass is 10.3. The lowest BCUT2D eigenvalue weighted by Crippen LogP contribution is -2.50. The summed E-state index contributed by atoms with van der Waals surface area (Å²) in [7, 11) is -3.97. The maximum atomic E-state index is 12.7. The van der Waals surface area contributed by atoms with Crippen LogP contribution in [0.5, 0.6) is 0 Å². The molecule has 16 heteroatoms. The SMILES string of the molecule is O=C(O)NN(CCNS(=O)(=O)c1nc2ccccc2s1)C(=O)Cn1cnc2c(=O)[nH]cnc21. The number of amides is 2. The zero-order chi connectivity index (χ0) is 23.6. The maximum absolute atomic E-state index is 12.7. The summed E-state index contributed by atoms with van der Waals surface area (Å²) in [5.74, 6) is -0.724. The van der Waals surface area contributed by atoms with Crippen molar-refractivity contribution in [3.05, 3.63) is 47.3 Å². The second-order valence-electron chi connectivity index (χ2n) is 6.58. The first kappa shape index (κ1) is 22.3. The van der Waals surface area contributed by atoms with E-state index in [-0.39, 0.29) is 28.6 Å². The van der Waals surface area contributed by atoms with Gasteiger partial charge in [0.1, 0.15) is 6.54 Å². The molecular weight excluding hydrogens is 476 g/mol. The minimum atomic E-state index is -3.97. The number of hydrogen-bond acceptors (Lipinski definition) is 9.